The zero-order valence-electron chi connectivity index (χ0n) is 18.5. The smallest absolute Gasteiger partial charge is 0.255 e. The molecule has 4 rings (SSSR count). The summed E-state index contributed by atoms with van der Waals surface area (Å²) in [5.74, 6) is -0.371. The van der Waals surface area contributed by atoms with Crippen LogP contribution in [0.25, 0.3) is 0 Å². The zero-order chi connectivity index (χ0) is 24.1. The number of hydrogen-bond acceptors (Lipinski definition) is 5. The topological polar surface area (TPSA) is 110 Å². The molecule has 34 heavy (non-hydrogen) atoms. The predicted octanol–water partition coefficient (Wildman–Crippen LogP) is 5.82. The Bertz CT molecular complexity index is 1320. The number of hydrogen-bond donors (Lipinski definition) is 4. The van der Waals surface area contributed by atoms with Gasteiger partial charge in [0.15, 0.2) is 0 Å². The number of carbonyl (C=O) groups is 2. The fourth-order valence-electron chi connectivity index (χ4n) is 3.25. The molecular formula is C27H24N4O2S. The summed E-state index contributed by atoms with van der Waals surface area (Å²) in [6.45, 7) is 2.00. The van der Waals surface area contributed by atoms with Gasteiger partial charge in [0.25, 0.3) is 11.8 Å². The van der Waals surface area contributed by atoms with Crippen molar-refractivity contribution < 1.29 is 9.59 Å². The molecule has 6 nitrogen and oxygen atoms in total. The monoisotopic (exact) mass is 468 g/mol. The molecule has 0 fully saturated rings. The number of amides is 2. The highest BCUT2D eigenvalue weighted by molar-refractivity contribution is 7.99. The molecule has 0 aliphatic carbocycles. The van der Waals surface area contributed by atoms with Crippen molar-refractivity contribution in [1.29, 1.82) is 0 Å². The lowest BCUT2D eigenvalue weighted by Crippen LogP contribution is -2.12. The fourth-order valence-corrected chi connectivity index (χ4v) is 4.13. The highest BCUT2D eigenvalue weighted by Gasteiger charge is 2.09. The van der Waals surface area contributed by atoms with Gasteiger partial charge in [-0.05, 0) is 103 Å². The summed E-state index contributed by atoms with van der Waals surface area (Å²) in [6.07, 6.45) is 0. The second-order valence-corrected chi connectivity index (χ2v) is 8.87. The number of rotatable bonds is 6. The molecule has 0 unspecified atom stereocenters. The molecule has 7 heteroatoms. The number of anilines is 4. The molecule has 0 aliphatic heterocycles. The molecule has 0 aliphatic rings. The van der Waals surface area contributed by atoms with Crippen molar-refractivity contribution in [1.82, 2.24) is 0 Å². The van der Waals surface area contributed by atoms with Crippen LogP contribution in [0.3, 0.4) is 0 Å². The van der Waals surface area contributed by atoms with Gasteiger partial charge < -0.3 is 22.1 Å². The maximum atomic E-state index is 12.4. The summed E-state index contributed by atoms with van der Waals surface area (Å²) in [7, 11) is 0. The van der Waals surface area contributed by atoms with Crippen molar-refractivity contribution in [3.8, 4) is 0 Å². The summed E-state index contributed by atoms with van der Waals surface area (Å²) in [4.78, 5) is 26.9. The standard InChI is InChI=1S/C27H24N4O2S/c1-17-16-23(31-27(33)19-4-8-21(29)9-5-19)12-15-25(17)34-24-13-10-22(11-14-24)30-26(32)18-2-6-20(28)7-3-18/h2-16H,28-29H2,1H3,(H,30,32)(H,31,33). The Kier molecular flexibility index (Phi) is 6.85. The van der Waals surface area contributed by atoms with Gasteiger partial charge in [0.1, 0.15) is 0 Å². The summed E-state index contributed by atoms with van der Waals surface area (Å²) >= 11 is 1.61. The van der Waals surface area contributed by atoms with Crippen LogP contribution in [0.4, 0.5) is 22.7 Å². The molecular weight excluding hydrogens is 444 g/mol. The van der Waals surface area contributed by atoms with Crippen LogP contribution in [0, 0.1) is 6.92 Å². The highest BCUT2D eigenvalue weighted by Crippen LogP contribution is 2.32. The van der Waals surface area contributed by atoms with E-state index >= 15 is 0 Å². The molecule has 0 atom stereocenters. The number of nitrogens with two attached hydrogens (primary N) is 2. The molecule has 6 N–H and O–H groups in total. The average molecular weight is 469 g/mol. The van der Waals surface area contributed by atoms with E-state index < -0.39 is 0 Å². The van der Waals surface area contributed by atoms with Gasteiger partial charge in [-0.2, -0.15) is 0 Å². The van der Waals surface area contributed by atoms with E-state index in [0.717, 1.165) is 21.0 Å². The summed E-state index contributed by atoms with van der Waals surface area (Å²) in [5, 5.41) is 5.80. The van der Waals surface area contributed by atoms with E-state index in [0.29, 0.717) is 28.2 Å². The van der Waals surface area contributed by atoms with E-state index in [1.165, 1.54) is 0 Å². The third-order valence-electron chi connectivity index (χ3n) is 5.12. The van der Waals surface area contributed by atoms with Crippen LogP contribution in [0.15, 0.2) is 101 Å². The van der Waals surface area contributed by atoms with Gasteiger partial charge in [-0.25, -0.2) is 0 Å². The number of aryl methyl sites for hydroxylation is 1. The van der Waals surface area contributed by atoms with E-state index in [1.807, 2.05) is 49.4 Å². The average Bonchev–Trinajstić information content (AvgIpc) is 2.83. The van der Waals surface area contributed by atoms with Gasteiger partial charge in [-0.15, -0.1) is 0 Å². The fraction of sp³-hybridized carbons (Fsp3) is 0.0370. The van der Waals surface area contributed by atoms with Crippen LogP contribution >= 0.6 is 11.8 Å². The van der Waals surface area contributed by atoms with Crippen molar-refractivity contribution in [3.05, 3.63) is 108 Å². The largest absolute Gasteiger partial charge is 0.399 e. The SMILES string of the molecule is Cc1cc(NC(=O)c2ccc(N)cc2)ccc1Sc1ccc(NC(=O)c2ccc(N)cc2)cc1. The van der Waals surface area contributed by atoms with E-state index in [4.69, 9.17) is 11.5 Å². The number of benzene rings is 4. The first-order chi connectivity index (χ1) is 16.4. The summed E-state index contributed by atoms with van der Waals surface area (Å²) in [6, 6.07) is 27.0. The molecule has 170 valence electrons. The molecule has 0 aromatic heterocycles. The molecule has 0 spiro atoms. The zero-order valence-corrected chi connectivity index (χ0v) is 19.4. The third-order valence-corrected chi connectivity index (χ3v) is 6.30. The van der Waals surface area contributed by atoms with Gasteiger partial charge in [0.05, 0.1) is 0 Å². The van der Waals surface area contributed by atoms with Crippen LogP contribution in [-0.2, 0) is 0 Å². The predicted molar refractivity (Wildman–Crippen MR) is 139 cm³/mol. The number of nitrogens with one attached hydrogen (secondary N) is 2. The van der Waals surface area contributed by atoms with Gasteiger partial charge in [-0.1, -0.05) is 11.8 Å². The van der Waals surface area contributed by atoms with Crippen LogP contribution in [0.2, 0.25) is 0 Å². The molecule has 0 saturated heterocycles. The summed E-state index contributed by atoms with van der Waals surface area (Å²) in [5.41, 5.74) is 16.2. The quantitative estimate of drug-likeness (QED) is 0.267. The lowest BCUT2D eigenvalue weighted by Gasteiger charge is -2.11. The van der Waals surface area contributed by atoms with E-state index in [2.05, 4.69) is 10.6 Å². The normalized spacial score (nSPS) is 10.5. The maximum Gasteiger partial charge on any atom is 0.255 e. The molecule has 0 heterocycles. The van der Waals surface area contributed by atoms with Crippen LogP contribution in [0.5, 0.6) is 0 Å². The molecule has 4 aromatic carbocycles. The Morgan fingerprint density at radius 2 is 1.12 bits per heavy atom. The molecule has 0 bridgehead atoms. The van der Waals surface area contributed by atoms with Gasteiger partial charge in [-0.3, -0.25) is 9.59 Å². The Balaban J connectivity index is 1.37. The van der Waals surface area contributed by atoms with Crippen LogP contribution < -0.4 is 22.1 Å². The highest BCUT2D eigenvalue weighted by atomic mass is 32.2. The summed E-state index contributed by atoms with van der Waals surface area (Å²) < 4.78 is 0. The first-order valence-corrected chi connectivity index (χ1v) is 11.4. The molecule has 2 amide bonds. The van der Waals surface area contributed by atoms with Crippen molar-refractivity contribution in [2.45, 2.75) is 16.7 Å². The lowest BCUT2D eigenvalue weighted by molar-refractivity contribution is 0.101. The number of nitrogen functional groups attached to an aromatic ring is 2. The number of carbonyl (C=O) groups excluding carboxylic acids is 2. The lowest BCUT2D eigenvalue weighted by atomic mass is 10.1. The molecule has 4 aromatic rings. The second kappa shape index (κ2) is 10.1. The molecule has 0 saturated carbocycles. The Morgan fingerprint density at radius 1 is 0.647 bits per heavy atom. The van der Waals surface area contributed by atoms with Crippen LogP contribution in [-0.4, -0.2) is 11.8 Å². The first-order valence-electron chi connectivity index (χ1n) is 10.6. The van der Waals surface area contributed by atoms with E-state index in [9.17, 15) is 9.59 Å². The van der Waals surface area contributed by atoms with Crippen molar-refractivity contribution in [2.75, 3.05) is 22.1 Å². The van der Waals surface area contributed by atoms with E-state index in [-0.39, 0.29) is 11.8 Å². The van der Waals surface area contributed by atoms with Gasteiger partial charge in [0.2, 0.25) is 0 Å². The van der Waals surface area contributed by atoms with E-state index in [1.54, 1.807) is 60.3 Å². The second-order valence-electron chi connectivity index (χ2n) is 7.76. The first kappa shape index (κ1) is 22.9. The minimum absolute atomic E-state index is 0.184. The Labute approximate surface area is 202 Å². The van der Waals surface area contributed by atoms with Crippen molar-refractivity contribution >= 4 is 46.3 Å². The molecule has 0 radical (unpaired) electrons. The van der Waals surface area contributed by atoms with Gasteiger partial charge >= 0.3 is 0 Å². The van der Waals surface area contributed by atoms with Crippen LogP contribution in [0.1, 0.15) is 26.3 Å². The van der Waals surface area contributed by atoms with Crippen molar-refractivity contribution in [2.24, 2.45) is 0 Å². The minimum Gasteiger partial charge on any atom is -0.399 e. The minimum atomic E-state index is -0.187. The Hall–Kier alpha value is -4.23. The maximum absolute atomic E-state index is 12.4. The third kappa shape index (κ3) is 5.76. The van der Waals surface area contributed by atoms with Gasteiger partial charge in [0, 0.05) is 43.7 Å². The Morgan fingerprint density at radius 3 is 1.62 bits per heavy atom. The van der Waals surface area contributed by atoms with Crippen molar-refractivity contribution in [3.63, 3.8) is 0 Å².